The molecule has 0 aromatic heterocycles. The number of fused-ring (bicyclic) bond motifs is 1. The summed E-state index contributed by atoms with van der Waals surface area (Å²) in [6.07, 6.45) is 1.95. The van der Waals surface area contributed by atoms with Gasteiger partial charge in [0.15, 0.2) is 0 Å². The molecule has 0 spiro atoms. The fourth-order valence-electron chi connectivity index (χ4n) is 5.34. The first kappa shape index (κ1) is 28.0. The van der Waals surface area contributed by atoms with E-state index in [-0.39, 0.29) is 6.10 Å². The van der Waals surface area contributed by atoms with Gasteiger partial charge in [-0.2, -0.15) is 0 Å². The number of benzene rings is 4. The van der Waals surface area contributed by atoms with Gasteiger partial charge >= 0.3 is 0 Å². The van der Waals surface area contributed by atoms with E-state index in [0.717, 1.165) is 65.1 Å². The van der Waals surface area contributed by atoms with E-state index in [4.69, 9.17) is 23.7 Å². The van der Waals surface area contributed by atoms with E-state index in [0.29, 0.717) is 32.3 Å². The number of methoxy groups -OCH3 is 2. The van der Waals surface area contributed by atoms with E-state index in [9.17, 15) is 0 Å². The fourth-order valence-corrected chi connectivity index (χ4v) is 5.34. The molecule has 0 radical (unpaired) electrons. The molecule has 6 nitrogen and oxygen atoms in total. The molecule has 1 fully saturated rings. The van der Waals surface area contributed by atoms with Crippen molar-refractivity contribution in [1.29, 1.82) is 0 Å². The van der Waals surface area contributed by atoms with Gasteiger partial charge in [0.25, 0.3) is 0 Å². The molecule has 1 N–H and O–H groups in total. The lowest BCUT2D eigenvalue weighted by molar-refractivity contribution is 0.0106. The Kier molecular flexibility index (Phi) is 9.91. The first-order valence-corrected chi connectivity index (χ1v) is 14.1. The molecular weight excluding hydrogens is 502 g/mol. The highest BCUT2D eigenvalue weighted by molar-refractivity contribution is 5.89. The largest absolute Gasteiger partial charge is 0.496 e. The summed E-state index contributed by atoms with van der Waals surface area (Å²) in [4.78, 5) is 0. The van der Waals surface area contributed by atoms with E-state index in [1.165, 1.54) is 5.56 Å². The van der Waals surface area contributed by atoms with Crippen molar-refractivity contribution in [2.75, 3.05) is 40.5 Å². The molecular formula is C34H39NO5. The number of para-hydroxylation sites is 1. The predicted octanol–water partition coefficient (Wildman–Crippen LogP) is 6.51. The van der Waals surface area contributed by atoms with Crippen LogP contribution in [-0.4, -0.2) is 46.6 Å². The highest BCUT2D eigenvalue weighted by Crippen LogP contribution is 2.31. The summed E-state index contributed by atoms with van der Waals surface area (Å²) >= 11 is 0. The lowest BCUT2D eigenvalue weighted by Gasteiger charge is -2.32. The highest BCUT2D eigenvalue weighted by atomic mass is 16.5. The summed E-state index contributed by atoms with van der Waals surface area (Å²) in [5.41, 5.74) is 3.46. The SMILES string of the molecule is COc1ccccc1COCCCOc1ccc([C@H]2CCNC[C@@H]2OCc2cc(OC)c3ccccc3c2)cc1. The van der Waals surface area contributed by atoms with Gasteiger partial charge < -0.3 is 29.0 Å². The van der Waals surface area contributed by atoms with Gasteiger partial charge in [0, 0.05) is 29.8 Å². The number of hydrogen-bond acceptors (Lipinski definition) is 6. The summed E-state index contributed by atoms with van der Waals surface area (Å²) in [6, 6.07) is 29.0. The van der Waals surface area contributed by atoms with Gasteiger partial charge in [-0.15, -0.1) is 0 Å². The van der Waals surface area contributed by atoms with Crippen molar-refractivity contribution in [3.05, 3.63) is 102 Å². The molecule has 0 amide bonds. The maximum absolute atomic E-state index is 6.49. The van der Waals surface area contributed by atoms with Crippen LogP contribution in [0.1, 0.15) is 35.4 Å². The van der Waals surface area contributed by atoms with Crippen LogP contribution in [0.4, 0.5) is 0 Å². The Morgan fingerprint density at radius 1 is 0.800 bits per heavy atom. The number of piperidine rings is 1. The van der Waals surface area contributed by atoms with Crippen LogP contribution in [0.25, 0.3) is 10.8 Å². The van der Waals surface area contributed by atoms with Crippen LogP contribution in [-0.2, 0) is 22.7 Å². The number of nitrogens with one attached hydrogen (secondary N) is 1. The normalized spacial score (nSPS) is 17.1. The molecule has 6 heteroatoms. The standard InChI is InChI=1S/C34H39NO5/c1-36-32-11-6-4-9-28(32)24-38-18-7-19-39-29-14-12-26(13-15-29)31-16-17-35-22-34(31)40-23-25-20-27-8-3-5-10-30(27)33(21-25)37-2/h3-6,8-15,20-21,31,34-35H,7,16-19,22-24H2,1-2H3/t31-,34+/m1/s1. The van der Waals surface area contributed by atoms with Crippen molar-refractivity contribution < 1.29 is 23.7 Å². The third kappa shape index (κ3) is 7.13. The minimum Gasteiger partial charge on any atom is -0.496 e. The molecule has 0 aliphatic carbocycles. The van der Waals surface area contributed by atoms with Gasteiger partial charge in [-0.25, -0.2) is 0 Å². The molecule has 210 valence electrons. The van der Waals surface area contributed by atoms with Crippen molar-refractivity contribution >= 4 is 10.8 Å². The Morgan fingerprint density at radius 3 is 2.45 bits per heavy atom. The van der Waals surface area contributed by atoms with Crippen LogP contribution in [0.3, 0.4) is 0 Å². The van der Waals surface area contributed by atoms with Crippen molar-refractivity contribution in [2.24, 2.45) is 0 Å². The first-order chi connectivity index (χ1) is 19.7. The molecule has 1 aliphatic heterocycles. The molecule has 4 aromatic carbocycles. The van der Waals surface area contributed by atoms with Crippen LogP contribution in [0.15, 0.2) is 84.9 Å². The average Bonchev–Trinajstić information content (AvgIpc) is 3.02. The van der Waals surface area contributed by atoms with Gasteiger partial charge in [-0.05, 0) is 59.8 Å². The monoisotopic (exact) mass is 541 g/mol. The van der Waals surface area contributed by atoms with E-state index in [2.05, 4.69) is 59.9 Å². The van der Waals surface area contributed by atoms with Gasteiger partial charge in [-0.3, -0.25) is 0 Å². The average molecular weight is 542 g/mol. The zero-order valence-electron chi connectivity index (χ0n) is 23.4. The zero-order chi connectivity index (χ0) is 27.6. The second-order valence-corrected chi connectivity index (χ2v) is 10.1. The smallest absolute Gasteiger partial charge is 0.127 e. The Labute approximate surface area is 237 Å². The highest BCUT2D eigenvalue weighted by Gasteiger charge is 2.27. The van der Waals surface area contributed by atoms with E-state index in [1.54, 1.807) is 14.2 Å². The lowest BCUT2D eigenvalue weighted by atomic mass is 9.87. The van der Waals surface area contributed by atoms with E-state index >= 15 is 0 Å². The number of rotatable bonds is 13. The summed E-state index contributed by atoms with van der Waals surface area (Å²) in [6.45, 7) is 4.15. The molecule has 0 saturated carbocycles. The summed E-state index contributed by atoms with van der Waals surface area (Å²) in [5.74, 6) is 2.95. The van der Waals surface area contributed by atoms with Gasteiger partial charge in [0.05, 0.1) is 46.8 Å². The topological polar surface area (TPSA) is 58.2 Å². The van der Waals surface area contributed by atoms with E-state index in [1.807, 2.05) is 30.3 Å². The van der Waals surface area contributed by atoms with Crippen LogP contribution < -0.4 is 19.5 Å². The maximum atomic E-state index is 6.49. The summed E-state index contributed by atoms with van der Waals surface area (Å²) in [5, 5.41) is 5.79. The van der Waals surface area contributed by atoms with Crippen molar-refractivity contribution in [2.45, 2.75) is 38.1 Å². The van der Waals surface area contributed by atoms with Crippen LogP contribution in [0.2, 0.25) is 0 Å². The molecule has 40 heavy (non-hydrogen) atoms. The summed E-state index contributed by atoms with van der Waals surface area (Å²) in [7, 11) is 3.40. The molecule has 1 aliphatic rings. The maximum Gasteiger partial charge on any atom is 0.127 e. The van der Waals surface area contributed by atoms with Crippen molar-refractivity contribution in [1.82, 2.24) is 5.32 Å². The predicted molar refractivity (Wildman–Crippen MR) is 159 cm³/mol. The Morgan fingerprint density at radius 2 is 1.60 bits per heavy atom. The lowest BCUT2D eigenvalue weighted by Crippen LogP contribution is -2.40. The van der Waals surface area contributed by atoms with Crippen LogP contribution in [0, 0.1) is 0 Å². The van der Waals surface area contributed by atoms with Crippen molar-refractivity contribution in [3.63, 3.8) is 0 Å². The van der Waals surface area contributed by atoms with E-state index < -0.39 is 0 Å². The number of hydrogen-bond donors (Lipinski definition) is 1. The molecule has 0 unspecified atom stereocenters. The van der Waals surface area contributed by atoms with Gasteiger partial charge in [0.2, 0.25) is 0 Å². The quantitative estimate of drug-likeness (QED) is 0.195. The molecule has 2 atom stereocenters. The second-order valence-electron chi connectivity index (χ2n) is 10.1. The van der Waals surface area contributed by atoms with Gasteiger partial charge in [0.1, 0.15) is 17.2 Å². The third-order valence-corrected chi connectivity index (χ3v) is 7.45. The Bertz CT molecular complexity index is 1360. The minimum atomic E-state index is 0.0957. The minimum absolute atomic E-state index is 0.0957. The van der Waals surface area contributed by atoms with Crippen molar-refractivity contribution in [3.8, 4) is 17.2 Å². The Balaban J connectivity index is 1.10. The molecule has 4 aromatic rings. The van der Waals surface area contributed by atoms with Crippen LogP contribution >= 0.6 is 0 Å². The zero-order valence-corrected chi connectivity index (χ0v) is 23.4. The fraction of sp³-hybridized carbons (Fsp3) is 0.353. The second kappa shape index (κ2) is 14.2. The molecule has 1 heterocycles. The van der Waals surface area contributed by atoms with Crippen LogP contribution in [0.5, 0.6) is 17.2 Å². The molecule has 5 rings (SSSR count). The first-order valence-electron chi connectivity index (χ1n) is 14.1. The summed E-state index contributed by atoms with van der Waals surface area (Å²) < 4.78 is 29.3. The van der Waals surface area contributed by atoms with Gasteiger partial charge in [-0.1, -0.05) is 54.6 Å². The third-order valence-electron chi connectivity index (χ3n) is 7.45. The molecule has 1 saturated heterocycles. The molecule has 0 bridgehead atoms. The number of ether oxygens (including phenoxy) is 5. The Hall–Kier alpha value is -3.58.